The van der Waals surface area contributed by atoms with Crippen LogP contribution >= 0.6 is 15.9 Å². The van der Waals surface area contributed by atoms with Gasteiger partial charge in [0.15, 0.2) is 17.3 Å². The SMILES string of the molecule is COc1cc(Br)cc(/C=N/N(CCO)C2=NS(=O)(=O)c3ccccc32)c1OC. The van der Waals surface area contributed by atoms with Crippen LogP contribution < -0.4 is 9.47 Å². The summed E-state index contributed by atoms with van der Waals surface area (Å²) in [7, 11) is -0.754. The zero-order chi connectivity index (χ0) is 20.3. The van der Waals surface area contributed by atoms with Gasteiger partial charge in [0, 0.05) is 15.6 Å². The summed E-state index contributed by atoms with van der Waals surface area (Å²) in [5.41, 5.74) is 1.04. The van der Waals surface area contributed by atoms with Crippen LogP contribution in [0.5, 0.6) is 11.5 Å². The van der Waals surface area contributed by atoms with E-state index in [1.807, 2.05) is 0 Å². The summed E-state index contributed by atoms with van der Waals surface area (Å²) in [5.74, 6) is 1.14. The van der Waals surface area contributed by atoms with Crippen molar-refractivity contribution in [1.29, 1.82) is 0 Å². The maximum absolute atomic E-state index is 12.3. The third-order valence-corrected chi connectivity index (χ3v) is 5.76. The molecule has 0 saturated heterocycles. The molecule has 10 heteroatoms. The van der Waals surface area contributed by atoms with Gasteiger partial charge < -0.3 is 14.6 Å². The number of rotatable bonds is 6. The van der Waals surface area contributed by atoms with E-state index in [1.165, 1.54) is 31.5 Å². The van der Waals surface area contributed by atoms with E-state index in [0.29, 0.717) is 22.6 Å². The topological polar surface area (TPSA) is 101 Å². The minimum atomic E-state index is -3.79. The summed E-state index contributed by atoms with van der Waals surface area (Å²) >= 11 is 3.40. The van der Waals surface area contributed by atoms with Gasteiger partial charge in [-0.25, -0.2) is 5.01 Å². The number of methoxy groups -OCH3 is 2. The fourth-order valence-electron chi connectivity index (χ4n) is 2.77. The van der Waals surface area contributed by atoms with Crippen LogP contribution in [0.1, 0.15) is 11.1 Å². The number of aliphatic hydroxyl groups excluding tert-OH is 1. The second-order valence-electron chi connectivity index (χ2n) is 5.71. The van der Waals surface area contributed by atoms with E-state index in [0.717, 1.165) is 4.47 Å². The van der Waals surface area contributed by atoms with Crippen molar-refractivity contribution in [3.8, 4) is 11.5 Å². The minimum Gasteiger partial charge on any atom is -0.493 e. The molecule has 2 aromatic rings. The van der Waals surface area contributed by atoms with Crippen LogP contribution in [0.4, 0.5) is 0 Å². The molecule has 148 valence electrons. The van der Waals surface area contributed by atoms with E-state index in [-0.39, 0.29) is 23.9 Å². The Morgan fingerprint density at radius 2 is 2.00 bits per heavy atom. The Kier molecular flexibility index (Phi) is 6.01. The third-order valence-electron chi connectivity index (χ3n) is 3.98. The molecule has 0 radical (unpaired) electrons. The number of hydrazone groups is 1. The molecule has 1 aliphatic heterocycles. The monoisotopic (exact) mass is 467 g/mol. The van der Waals surface area contributed by atoms with E-state index in [4.69, 9.17) is 9.47 Å². The summed E-state index contributed by atoms with van der Waals surface area (Å²) in [6.45, 7) is -0.176. The highest BCUT2D eigenvalue weighted by atomic mass is 79.9. The van der Waals surface area contributed by atoms with E-state index in [1.54, 1.807) is 30.3 Å². The molecule has 8 nitrogen and oxygen atoms in total. The number of benzene rings is 2. The van der Waals surface area contributed by atoms with Gasteiger partial charge in [-0.1, -0.05) is 28.1 Å². The molecule has 0 atom stereocenters. The highest BCUT2D eigenvalue weighted by Gasteiger charge is 2.31. The normalized spacial score (nSPS) is 14.6. The maximum atomic E-state index is 12.3. The van der Waals surface area contributed by atoms with Crippen molar-refractivity contribution in [1.82, 2.24) is 5.01 Å². The molecule has 0 bridgehead atoms. The average molecular weight is 468 g/mol. The molecule has 1 aliphatic rings. The predicted molar refractivity (Wildman–Crippen MR) is 109 cm³/mol. The van der Waals surface area contributed by atoms with Crippen LogP contribution in [-0.4, -0.2) is 58.0 Å². The summed E-state index contributed by atoms with van der Waals surface area (Å²) in [6, 6.07) is 10.0. The molecular formula is C18H18BrN3O5S. The molecule has 1 N–H and O–H groups in total. The summed E-state index contributed by atoms with van der Waals surface area (Å²) in [5, 5.41) is 15.1. The number of fused-ring (bicyclic) bond motifs is 1. The Morgan fingerprint density at radius 3 is 2.68 bits per heavy atom. The van der Waals surface area contributed by atoms with Crippen LogP contribution in [0.25, 0.3) is 0 Å². The van der Waals surface area contributed by atoms with Crippen molar-refractivity contribution >= 4 is 38.0 Å². The van der Waals surface area contributed by atoms with Crippen molar-refractivity contribution in [2.45, 2.75) is 4.90 Å². The Hall–Kier alpha value is -2.43. The van der Waals surface area contributed by atoms with Gasteiger partial charge >= 0.3 is 0 Å². The fourth-order valence-corrected chi connectivity index (χ4v) is 4.44. The zero-order valence-corrected chi connectivity index (χ0v) is 17.6. The second-order valence-corrected chi connectivity index (χ2v) is 8.20. The molecule has 0 fully saturated rings. The van der Waals surface area contributed by atoms with Crippen molar-refractivity contribution in [3.63, 3.8) is 0 Å². The molecule has 28 heavy (non-hydrogen) atoms. The number of amidine groups is 1. The van der Waals surface area contributed by atoms with E-state index >= 15 is 0 Å². The van der Waals surface area contributed by atoms with Gasteiger partial charge in [-0.3, -0.25) is 0 Å². The summed E-state index contributed by atoms with van der Waals surface area (Å²) in [6.07, 6.45) is 1.50. The Balaban J connectivity index is 2.04. The number of hydrogen-bond donors (Lipinski definition) is 1. The molecule has 1 heterocycles. The molecule has 0 amide bonds. The van der Waals surface area contributed by atoms with Gasteiger partial charge in [0.1, 0.15) is 4.90 Å². The molecular weight excluding hydrogens is 450 g/mol. The van der Waals surface area contributed by atoms with Crippen LogP contribution in [0.15, 0.2) is 55.3 Å². The van der Waals surface area contributed by atoms with Crippen LogP contribution in [0.3, 0.4) is 0 Å². The lowest BCUT2D eigenvalue weighted by Crippen LogP contribution is -2.29. The van der Waals surface area contributed by atoms with Crippen molar-refractivity contribution in [3.05, 3.63) is 52.0 Å². The van der Waals surface area contributed by atoms with Crippen molar-refractivity contribution in [2.75, 3.05) is 27.4 Å². The van der Waals surface area contributed by atoms with E-state index < -0.39 is 10.0 Å². The number of nitrogens with zero attached hydrogens (tertiary/aromatic N) is 3. The highest BCUT2D eigenvalue weighted by molar-refractivity contribution is 9.10. The summed E-state index contributed by atoms with van der Waals surface area (Å²) < 4.78 is 39.9. The molecule has 2 aromatic carbocycles. The van der Waals surface area contributed by atoms with Gasteiger partial charge in [-0.15, -0.1) is 4.40 Å². The van der Waals surface area contributed by atoms with Crippen LogP contribution in [0.2, 0.25) is 0 Å². The van der Waals surface area contributed by atoms with Gasteiger partial charge in [0.05, 0.1) is 33.6 Å². The minimum absolute atomic E-state index is 0.0621. The predicted octanol–water partition coefficient (Wildman–Crippen LogP) is 2.24. The molecule has 0 spiro atoms. The number of halogens is 1. The largest absolute Gasteiger partial charge is 0.493 e. The lowest BCUT2D eigenvalue weighted by Gasteiger charge is -2.18. The smallest absolute Gasteiger partial charge is 0.285 e. The Bertz CT molecular complexity index is 1050. The zero-order valence-electron chi connectivity index (χ0n) is 15.2. The van der Waals surface area contributed by atoms with Gasteiger partial charge in [0.2, 0.25) is 0 Å². The van der Waals surface area contributed by atoms with E-state index in [2.05, 4.69) is 25.4 Å². The van der Waals surface area contributed by atoms with Gasteiger partial charge in [-0.05, 0) is 24.3 Å². The lowest BCUT2D eigenvalue weighted by atomic mass is 10.2. The highest BCUT2D eigenvalue weighted by Crippen LogP contribution is 2.34. The fraction of sp³-hybridized carbons (Fsp3) is 0.222. The van der Waals surface area contributed by atoms with Crippen molar-refractivity contribution in [2.24, 2.45) is 9.50 Å². The third kappa shape index (κ3) is 3.89. The first-order chi connectivity index (χ1) is 13.4. The molecule has 0 aromatic heterocycles. The molecule has 3 rings (SSSR count). The Labute approximate surface area is 171 Å². The van der Waals surface area contributed by atoms with Crippen molar-refractivity contribution < 1.29 is 23.0 Å². The number of ether oxygens (including phenoxy) is 2. The number of sulfonamides is 1. The van der Waals surface area contributed by atoms with Gasteiger partial charge in [0.25, 0.3) is 10.0 Å². The molecule has 0 unspecified atom stereocenters. The molecule has 0 aliphatic carbocycles. The van der Waals surface area contributed by atoms with E-state index in [9.17, 15) is 13.5 Å². The number of hydrogen-bond acceptors (Lipinski definition) is 7. The first kappa shape index (κ1) is 20.3. The number of aliphatic hydroxyl groups is 1. The van der Waals surface area contributed by atoms with Crippen LogP contribution in [-0.2, 0) is 10.0 Å². The first-order valence-corrected chi connectivity index (χ1v) is 10.4. The lowest BCUT2D eigenvalue weighted by molar-refractivity contribution is 0.254. The second kappa shape index (κ2) is 8.29. The first-order valence-electron chi connectivity index (χ1n) is 8.19. The average Bonchev–Trinajstić information content (AvgIpc) is 2.96. The standard InChI is InChI=1S/C18H18BrN3O5S/c1-26-15-10-13(19)9-12(17(15)27-2)11-20-22(7-8-23)18-14-5-3-4-6-16(14)28(24,25)21-18/h3-6,9-11,23H,7-8H2,1-2H3/b20-11+. The Morgan fingerprint density at radius 1 is 1.25 bits per heavy atom. The summed E-state index contributed by atoms with van der Waals surface area (Å²) in [4.78, 5) is 0.116. The quantitative estimate of drug-likeness (QED) is 0.516. The molecule has 0 saturated carbocycles. The maximum Gasteiger partial charge on any atom is 0.285 e. The van der Waals surface area contributed by atoms with Gasteiger partial charge in [-0.2, -0.15) is 13.5 Å². The van der Waals surface area contributed by atoms with Crippen LogP contribution in [0, 0.1) is 0 Å².